The Morgan fingerprint density at radius 3 is 2.59 bits per heavy atom. The van der Waals surface area contributed by atoms with E-state index < -0.39 is 0 Å². The number of rotatable bonds is 9. The number of aromatic nitrogens is 2. The summed E-state index contributed by atoms with van der Waals surface area (Å²) in [5.74, 6) is 0.111. The van der Waals surface area contributed by atoms with Gasteiger partial charge < -0.3 is 10.4 Å². The van der Waals surface area contributed by atoms with E-state index in [1.54, 1.807) is 31.2 Å². The first-order valence-electron chi connectivity index (χ1n) is 10.7. The zero-order valence-electron chi connectivity index (χ0n) is 18.3. The van der Waals surface area contributed by atoms with Gasteiger partial charge in [0.25, 0.3) is 5.56 Å². The lowest BCUT2D eigenvalue weighted by Crippen LogP contribution is -2.39. The summed E-state index contributed by atoms with van der Waals surface area (Å²) in [6.07, 6.45) is 1.82. The Kier molecular flexibility index (Phi) is 8.20. The highest BCUT2D eigenvalue weighted by Gasteiger charge is 2.18. The molecule has 2 N–H and O–H groups in total. The van der Waals surface area contributed by atoms with Crippen molar-refractivity contribution in [1.29, 1.82) is 0 Å². The normalized spacial score (nSPS) is 11.9. The number of nitrogens with zero attached hydrogens (tertiary/aromatic N) is 2. The molecule has 1 aromatic heterocycles. The zero-order valence-corrected chi connectivity index (χ0v) is 19.1. The Balaban J connectivity index is 1.82. The third-order valence-corrected chi connectivity index (χ3v) is 5.57. The number of carbonyl (C=O) groups is 1. The summed E-state index contributed by atoms with van der Waals surface area (Å²) in [7, 11) is 0. The van der Waals surface area contributed by atoms with Gasteiger partial charge in [-0.1, -0.05) is 54.1 Å². The number of aryl methyl sites for hydroxylation is 2. The molecule has 1 atom stereocenters. The highest BCUT2D eigenvalue weighted by atomic mass is 35.5. The van der Waals surface area contributed by atoms with Crippen molar-refractivity contribution in [3.8, 4) is 11.4 Å². The standard InChI is InChI=1S/C25H28ClN3O3/c1-17(11-12-19-7-4-3-5-8-19)27-23(31)16-29-24(20-9-6-10-21(26)15-20)28-18(2)22(13-14-30)25(29)32/h3-10,15,17,30H,11-14,16H2,1-2H3,(H,27,31)/t17-/m1/s1. The molecule has 0 unspecified atom stereocenters. The fraction of sp³-hybridized carbons (Fsp3) is 0.320. The molecule has 0 spiro atoms. The molecule has 1 heterocycles. The molecule has 32 heavy (non-hydrogen) atoms. The third-order valence-electron chi connectivity index (χ3n) is 5.33. The second-order valence-corrected chi connectivity index (χ2v) is 8.30. The van der Waals surface area contributed by atoms with Crippen LogP contribution in [0.25, 0.3) is 11.4 Å². The smallest absolute Gasteiger partial charge is 0.257 e. The van der Waals surface area contributed by atoms with Crippen LogP contribution in [0.3, 0.4) is 0 Å². The second-order valence-electron chi connectivity index (χ2n) is 7.87. The second kappa shape index (κ2) is 11.1. The van der Waals surface area contributed by atoms with Crippen LogP contribution >= 0.6 is 11.6 Å². The minimum Gasteiger partial charge on any atom is -0.396 e. The molecule has 6 nitrogen and oxygen atoms in total. The summed E-state index contributed by atoms with van der Waals surface area (Å²) in [4.78, 5) is 30.6. The SMILES string of the molecule is Cc1nc(-c2cccc(Cl)c2)n(CC(=O)N[C@H](C)CCc2ccccc2)c(=O)c1CCO. The van der Waals surface area contributed by atoms with Gasteiger partial charge in [0.05, 0.1) is 0 Å². The minimum absolute atomic E-state index is 0.0525. The molecule has 0 radical (unpaired) electrons. The number of aliphatic hydroxyl groups excluding tert-OH is 1. The maximum atomic E-state index is 13.2. The van der Waals surface area contributed by atoms with Gasteiger partial charge >= 0.3 is 0 Å². The van der Waals surface area contributed by atoms with E-state index in [-0.39, 0.29) is 37.1 Å². The summed E-state index contributed by atoms with van der Waals surface area (Å²) in [6, 6.07) is 17.1. The van der Waals surface area contributed by atoms with Gasteiger partial charge in [-0.3, -0.25) is 14.2 Å². The first-order valence-corrected chi connectivity index (χ1v) is 11.1. The Hall–Kier alpha value is -2.96. The fourth-order valence-electron chi connectivity index (χ4n) is 3.66. The average Bonchev–Trinajstić information content (AvgIpc) is 2.77. The predicted octanol–water partition coefficient (Wildman–Crippen LogP) is 3.54. The van der Waals surface area contributed by atoms with Crippen LogP contribution in [0.4, 0.5) is 0 Å². The molecule has 0 aliphatic heterocycles. The quantitative estimate of drug-likeness (QED) is 0.519. The van der Waals surface area contributed by atoms with Gasteiger partial charge in [-0.25, -0.2) is 4.98 Å². The molecule has 1 amide bonds. The van der Waals surface area contributed by atoms with Crippen LogP contribution in [0.5, 0.6) is 0 Å². The van der Waals surface area contributed by atoms with E-state index in [1.807, 2.05) is 25.1 Å². The summed E-state index contributed by atoms with van der Waals surface area (Å²) in [5, 5.41) is 12.9. The molecule has 2 aromatic carbocycles. The molecular weight excluding hydrogens is 426 g/mol. The van der Waals surface area contributed by atoms with Gasteiger partial charge in [-0.05, 0) is 44.4 Å². The molecule has 0 saturated heterocycles. The van der Waals surface area contributed by atoms with Crippen LogP contribution in [-0.4, -0.2) is 33.2 Å². The van der Waals surface area contributed by atoms with Crippen LogP contribution < -0.4 is 10.9 Å². The van der Waals surface area contributed by atoms with Crippen molar-refractivity contribution in [2.45, 2.75) is 45.7 Å². The first kappa shape index (κ1) is 23.7. The van der Waals surface area contributed by atoms with Gasteiger partial charge in [-0.2, -0.15) is 0 Å². The summed E-state index contributed by atoms with van der Waals surface area (Å²) in [5.41, 5.74) is 2.48. The molecule has 3 aromatic rings. The van der Waals surface area contributed by atoms with Crippen molar-refractivity contribution in [2.75, 3.05) is 6.61 Å². The van der Waals surface area contributed by atoms with Crippen LogP contribution in [0.2, 0.25) is 5.02 Å². The Labute approximate surface area is 192 Å². The van der Waals surface area contributed by atoms with E-state index in [0.29, 0.717) is 27.7 Å². The number of halogens is 1. The van der Waals surface area contributed by atoms with E-state index in [0.717, 1.165) is 12.8 Å². The molecule has 0 saturated carbocycles. The highest BCUT2D eigenvalue weighted by molar-refractivity contribution is 6.30. The Morgan fingerprint density at radius 1 is 1.16 bits per heavy atom. The lowest BCUT2D eigenvalue weighted by atomic mass is 10.1. The molecular formula is C25H28ClN3O3. The summed E-state index contributed by atoms with van der Waals surface area (Å²) >= 11 is 6.14. The molecule has 3 rings (SSSR count). The predicted molar refractivity (Wildman–Crippen MR) is 127 cm³/mol. The van der Waals surface area contributed by atoms with Gasteiger partial charge in [0, 0.05) is 40.9 Å². The number of hydrogen-bond donors (Lipinski definition) is 2. The van der Waals surface area contributed by atoms with Crippen molar-refractivity contribution < 1.29 is 9.90 Å². The molecule has 0 fully saturated rings. The number of carbonyl (C=O) groups excluding carboxylic acids is 1. The molecule has 0 aliphatic rings. The van der Waals surface area contributed by atoms with Crippen molar-refractivity contribution in [3.63, 3.8) is 0 Å². The molecule has 7 heteroatoms. The van der Waals surface area contributed by atoms with Crippen LogP contribution in [-0.2, 0) is 24.2 Å². The number of hydrogen-bond acceptors (Lipinski definition) is 4. The largest absolute Gasteiger partial charge is 0.396 e. The average molecular weight is 454 g/mol. The van der Waals surface area contributed by atoms with Crippen LogP contribution in [0, 0.1) is 6.92 Å². The van der Waals surface area contributed by atoms with E-state index in [2.05, 4.69) is 22.4 Å². The minimum atomic E-state index is -0.325. The van der Waals surface area contributed by atoms with Gasteiger partial charge in [0.2, 0.25) is 5.91 Å². The van der Waals surface area contributed by atoms with E-state index in [1.165, 1.54) is 10.1 Å². The number of nitrogens with one attached hydrogen (secondary N) is 1. The molecule has 0 aliphatic carbocycles. The molecule has 0 bridgehead atoms. The lowest BCUT2D eigenvalue weighted by Gasteiger charge is -2.18. The van der Waals surface area contributed by atoms with Crippen molar-refractivity contribution in [2.24, 2.45) is 0 Å². The monoisotopic (exact) mass is 453 g/mol. The lowest BCUT2D eigenvalue weighted by molar-refractivity contribution is -0.122. The van der Waals surface area contributed by atoms with Crippen LogP contribution in [0.1, 0.15) is 30.2 Å². The van der Waals surface area contributed by atoms with Gasteiger partial charge in [0.1, 0.15) is 12.4 Å². The van der Waals surface area contributed by atoms with E-state index in [4.69, 9.17) is 11.6 Å². The van der Waals surface area contributed by atoms with E-state index >= 15 is 0 Å². The molecule has 168 valence electrons. The van der Waals surface area contributed by atoms with E-state index in [9.17, 15) is 14.7 Å². The van der Waals surface area contributed by atoms with Crippen LogP contribution in [0.15, 0.2) is 59.4 Å². The van der Waals surface area contributed by atoms with Gasteiger partial charge in [0.15, 0.2) is 0 Å². The number of amides is 1. The zero-order chi connectivity index (χ0) is 23.1. The van der Waals surface area contributed by atoms with Crippen molar-refractivity contribution in [3.05, 3.63) is 86.8 Å². The number of aliphatic hydroxyl groups is 1. The third kappa shape index (κ3) is 6.05. The topological polar surface area (TPSA) is 84.2 Å². The maximum Gasteiger partial charge on any atom is 0.257 e. The maximum absolute atomic E-state index is 13.2. The Morgan fingerprint density at radius 2 is 1.91 bits per heavy atom. The number of benzene rings is 2. The van der Waals surface area contributed by atoms with Crippen molar-refractivity contribution in [1.82, 2.24) is 14.9 Å². The van der Waals surface area contributed by atoms with Gasteiger partial charge in [-0.15, -0.1) is 0 Å². The highest BCUT2D eigenvalue weighted by Crippen LogP contribution is 2.21. The Bertz CT molecular complexity index is 1130. The summed E-state index contributed by atoms with van der Waals surface area (Å²) in [6.45, 7) is 3.35. The fourth-order valence-corrected chi connectivity index (χ4v) is 3.85. The first-order chi connectivity index (χ1) is 15.4. The van der Waals surface area contributed by atoms with Crippen molar-refractivity contribution >= 4 is 17.5 Å². The summed E-state index contributed by atoms with van der Waals surface area (Å²) < 4.78 is 1.36.